The lowest BCUT2D eigenvalue weighted by Gasteiger charge is -2.28. The van der Waals surface area contributed by atoms with Crippen molar-refractivity contribution < 1.29 is 9.59 Å². The maximum Gasteiger partial charge on any atom is 0.319 e. The van der Waals surface area contributed by atoms with E-state index in [1.807, 2.05) is 54.7 Å². The number of carbonyl (C=O) groups is 2. The predicted molar refractivity (Wildman–Crippen MR) is 136 cm³/mol. The van der Waals surface area contributed by atoms with Gasteiger partial charge in [-0.15, -0.1) is 0 Å². The minimum absolute atomic E-state index is 0.287. The number of benzene rings is 3. The van der Waals surface area contributed by atoms with Crippen LogP contribution in [0.1, 0.15) is 18.5 Å². The molecule has 6 rings (SSSR count). The molecule has 8 nitrogen and oxygen atoms in total. The van der Waals surface area contributed by atoms with Crippen LogP contribution in [0.4, 0.5) is 10.5 Å². The van der Waals surface area contributed by atoms with Gasteiger partial charge in [0.2, 0.25) is 0 Å². The van der Waals surface area contributed by atoms with Gasteiger partial charge in [0.1, 0.15) is 0 Å². The number of rotatable bonds is 4. The summed E-state index contributed by atoms with van der Waals surface area (Å²) in [5.74, 6) is -0.287. The second-order valence-corrected chi connectivity index (χ2v) is 8.60. The number of anilines is 1. The molecule has 3 aromatic carbocycles. The molecule has 0 saturated heterocycles. The van der Waals surface area contributed by atoms with E-state index >= 15 is 0 Å². The molecule has 35 heavy (non-hydrogen) atoms. The highest BCUT2D eigenvalue weighted by Gasteiger charge is 2.31. The number of H-pyrrole nitrogens is 2. The average molecular weight is 463 g/mol. The van der Waals surface area contributed by atoms with E-state index in [9.17, 15) is 9.59 Å². The van der Waals surface area contributed by atoms with Gasteiger partial charge in [0.15, 0.2) is 0 Å². The molecule has 2 aromatic heterocycles. The molecule has 0 spiro atoms. The molecule has 5 aromatic rings. The lowest BCUT2D eigenvalue weighted by molar-refractivity contribution is -0.113. The number of nitrogens with zero attached hydrogens (tertiary/aromatic N) is 1. The Morgan fingerprint density at radius 3 is 2.57 bits per heavy atom. The summed E-state index contributed by atoms with van der Waals surface area (Å²) in [7, 11) is 0. The van der Waals surface area contributed by atoms with Crippen LogP contribution < -0.4 is 16.0 Å². The van der Waals surface area contributed by atoms with Crippen LogP contribution in [0.5, 0.6) is 0 Å². The van der Waals surface area contributed by atoms with Gasteiger partial charge in [-0.05, 0) is 65.4 Å². The molecule has 1 aliphatic heterocycles. The van der Waals surface area contributed by atoms with Crippen molar-refractivity contribution in [2.75, 3.05) is 5.32 Å². The normalized spacial score (nSPS) is 15.8. The number of allylic oxidation sites excluding steroid dienone is 1. The van der Waals surface area contributed by atoms with Crippen LogP contribution in [0, 0.1) is 0 Å². The number of urea groups is 1. The Morgan fingerprint density at radius 1 is 0.914 bits per heavy atom. The van der Waals surface area contributed by atoms with E-state index in [1.165, 1.54) is 0 Å². The monoisotopic (exact) mass is 462 g/mol. The fourth-order valence-electron chi connectivity index (χ4n) is 4.56. The molecule has 3 amide bonds. The molecule has 1 atom stereocenters. The van der Waals surface area contributed by atoms with E-state index in [0.717, 1.165) is 38.5 Å². The first-order valence-corrected chi connectivity index (χ1v) is 11.3. The Balaban J connectivity index is 1.30. The van der Waals surface area contributed by atoms with Crippen molar-refractivity contribution in [3.63, 3.8) is 0 Å². The third-order valence-corrected chi connectivity index (χ3v) is 6.34. The van der Waals surface area contributed by atoms with E-state index < -0.39 is 6.04 Å². The zero-order chi connectivity index (χ0) is 23.9. The third-order valence-electron chi connectivity index (χ3n) is 6.34. The van der Waals surface area contributed by atoms with Crippen molar-refractivity contribution in [2.24, 2.45) is 0 Å². The van der Waals surface area contributed by atoms with E-state index in [0.29, 0.717) is 17.0 Å². The molecule has 0 radical (unpaired) electrons. The number of fused-ring (bicyclic) bond motifs is 2. The Hall–Kier alpha value is -4.85. The van der Waals surface area contributed by atoms with Gasteiger partial charge in [-0.1, -0.05) is 30.3 Å². The molecular weight excluding hydrogens is 440 g/mol. The maximum atomic E-state index is 13.3. The first-order valence-electron chi connectivity index (χ1n) is 11.3. The SMILES string of the molecule is CC1=C(C(=O)Nc2ccc3[nH]ncc3c2)C(c2ccc(-c3ccc4[nH]ccc4c3)cc2)NC(=O)N1. The topological polar surface area (TPSA) is 115 Å². The molecular formula is C27H22N6O2. The van der Waals surface area contributed by atoms with Crippen LogP contribution >= 0.6 is 0 Å². The average Bonchev–Trinajstić information content (AvgIpc) is 3.52. The third kappa shape index (κ3) is 3.80. The minimum Gasteiger partial charge on any atom is -0.361 e. The zero-order valence-corrected chi connectivity index (χ0v) is 18.8. The fourth-order valence-corrected chi connectivity index (χ4v) is 4.56. The molecule has 172 valence electrons. The van der Waals surface area contributed by atoms with Crippen molar-refractivity contribution in [3.05, 3.63) is 96.0 Å². The number of amides is 3. The second-order valence-electron chi connectivity index (χ2n) is 8.60. The van der Waals surface area contributed by atoms with E-state index in [-0.39, 0.29) is 11.9 Å². The zero-order valence-electron chi connectivity index (χ0n) is 18.8. The highest BCUT2D eigenvalue weighted by atomic mass is 16.2. The van der Waals surface area contributed by atoms with Gasteiger partial charge < -0.3 is 20.9 Å². The summed E-state index contributed by atoms with van der Waals surface area (Å²) in [5.41, 5.74) is 6.57. The highest BCUT2D eigenvalue weighted by molar-refractivity contribution is 6.07. The largest absolute Gasteiger partial charge is 0.361 e. The Labute approximate surface area is 200 Å². The number of aromatic amines is 2. The number of aromatic nitrogens is 3. The van der Waals surface area contributed by atoms with Crippen molar-refractivity contribution in [1.29, 1.82) is 0 Å². The smallest absolute Gasteiger partial charge is 0.319 e. The predicted octanol–water partition coefficient (Wildman–Crippen LogP) is 4.98. The van der Waals surface area contributed by atoms with Crippen LogP contribution in [0.3, 0.4) is 0 Å². The number of carbonyl (C=O) groups excluding carboxylic acids is 2. The lowest BCUT2D eigenvalue weighted by atomic mass is 9.93. The molecule has 0 saturated carbocycles. The highest BCUT2D eigenvalue weighted by Crippen LogP contribution is 2.31. The molecule has 1 aliphatic rings. The fraction of sp³-hybridized carbons (Fsp3) is 0.0741. The van der Waals surface area contributed by atoms with Gasteiger partial charge in [0.05, 0.1) is 23.3 Å². The number of hydrogen-bond acceptors (Lipinski definition) is 3. The summed E-state index contributed by atoms with van der Waals surface area (Å²) in [4.78, 5) is 28.8. The van der Waals surface area contributed by atoms with E-state index in [1.54, 1.807) is 13.1 Å². The summed E-state index contributed by atoms with van der Waals surface area (Å²) in [5, 5.41) is 17.5. The maximum absolute atomic E-state index is 13.3. The summed E-state index contributed by atoms with van der Waals surface area (Å²) in [6.07, 6.45) is 3.63. The molecule has 0 aliphatic carbocycles. The standard InChI is InChI=1S/C27H22N6O2/c1-15-24(26(34)31-21-7-9-23-20(13-21)14-29-33-23)25(32-27(35)30-15)17-4-2-16(3-5-17)18-6-8-22-19(12-18)10-11-28-22/h2-14,25,28H,1H3,(H,29,33)(H,31,34)(H2,30,32,35). The van der Waals surface area contributed by atoms with E-state index in [2.05, 4.69) is 49.3 Å². The Bertz CT molecular complexity index is 1630. The van der Waals surface area contributed by atoms with Crippen molar-refractivity contribution in [1.82, 2.24) is 25.8 Å². The minimum atomic E-state index is -0.581. The summed E-state index contributed by atoms with van der Waals surface area (Å²) >= 11 is 0. The molecule has 0 bridgehead atoms. The van der Waals surface area contributed by atoms with Gasteiger partial charge in [-0.3, -0.25) is 9.89 Å². The van der Waals surface area contributed by atoms with Crippen molar-refractivity contribution in [3.8, 4) is 11.1 Å². The van der Waals surface area contributed by atoms with Gasteiger partial charge in [-0.25, -0.2) is 4.79 Å². The quantitative estimate of drug-likeness (QED) is 0.259. The van der Waals surface area contributed by atoms with Crippen molar-refractivity contribution in [2.45, 2.75) is 13.0 Å². The van der Waals surface area contributed by atoms with Crippen LogP contribution in [0.25, 0.3) is 32.9 Å². The van der Waals surface area contributed by atoms with Gasteiger partial charge in [0, 0.05) is 28.5 Å². The Kier molecular flexibility index (Phi) is 4.84. The van der Waals surface area contributed by atoms with E-state index in [4.69, 9.17) is 0 Å². The number of hydrogen-bond donors (Lipinski definition) is 5. The van der Waals surface area contributed by atoms with Gasteiger partial charge in [-0.2, -0.15) is 5.10 Å². The first-order chi connectivity index (χ1) is 17.0. The molecule has 5 N–H and O–H groups in total. The molecule has 8 heteroatoms. The summed E-state index contributed by atoms with van der Waals surface area (Å²) < 4.78 is 0. The van der Waals surface area contributed by atoms with Crippen LogP contribution in [0.2, 0.25) is 0 Å². The van der Waals surface area contributed by atoms with Crippen molar-refractivity contribution >= 4 is 39.4 Å². The first kappa shape index (κ1) is 20.7. The molecule has 0 fully saturated rings. The summed E-state index contributed by atoms with van der Waals surface area (Å²) in [6, 6.07) is 20.8. The molecule has 3 heterocycles. The lowest BCUT2D eigenvalue weighted by Crippen LogP contribution is -2.45. The summed E-state index contributed by atoms with van der Waals surface area (Å²) in [6.45, 7) is 1.74. The second kappa shape index (κ2) is 8.18. The van der Waals surface area contributed by atoms with Crippen LogP contribution in [-0.2, 0) is 4.79 Å². The van der Waals surface area contributed by atoms with Crippen LogP contribution in [0.15, 0.2) is 90.4 Å². The number of nitrogens with one attached hydrogen (secondary N) is 5. The van der Waals surface area contributed by atoms with Gasteiger partial charge in [0.25, 0.3) is 5.91 Å². The van der Waals surface area contributed by atoms with Crippen LogP contribution in [-0.4, -0.2) is 27.1 Å². The molecule has 1 unspecified atom stereocenters. The van der Waals surface area contributed by atoms with Gasteiger partial charge >= 0.3 is 6.03 Å². The Morgan fingerprint density at radius 2 is 1.71 bits per heavy atom.